The summed E-state index contributed by atoms with van der Waals surface area (Å²) < 4.78 is 7.67. The molecule has 1 N–H and O–H groups in total. The maximum atomic E-state index is 14.1. The van der Waals surface area contributed by atoms with Crippen LogP contribution in [0.4, 0.5) is 4.79 Å². The predicted molar refractivity (Wildman–Crippen MR) is 173 cm³/mol. The number of halogens is 2. The van der Waals surface area contributed by atoms with Crippen molar-refractivity contribution in [3.8, 4) is 0 Å². The van der Waals surface area contributed by atoms with Gasteiger partial charge in [-0.05, 0) is 75.6 Å². The molecule has 0 aliphatic carbocycles. The van der Waals surface area contributed by atoms with Gasteiger partial charge in [0, 0.05) is 41.3 Å². The molecule has 2 aromatic heterocycles. The minimum absolute atomic E-state index is 0.194. The minimum Gasteiger partial charge on any atom is -0.444 e. The summed E-state index contributed by atoms with van der Waals surface area (Å²) in [6.07, 6.45) is 2.37. The third-order valence-electron chi connectivity index (χ3n) is 6.81. The van der Waals surface area contributed by atoms with Gasteiger partial charge < -0.3 is 15.0 Å². The van der Waals surface area contributed by atoms with Gasteiger partial charge >= 0.3 is 6.09 Å². The minimum atomic E-state index is -0.615. The van der Waals surface area contributed by atoms with Crippen molar-refractivity contribution in [2.24, 2.45) is 0 Å². The maximum Gasteiger partial charge on any atom is 0.407 e. The second-order valence-corrected chi connectivity index (χ2v) is 12.6. The van der Waals surface area contributed by atoms with E-state index in [4.69, 9.17) is 21.3 Å². The fourth-order valence-corrected chi connectivity index (χ4v) is 5.31. The zero-order valence-electron chi connectivity index (χ0n) is 24.8. The van der Waals surface area contributed by atoms with E-state index in [1.54, 1.807) is 56.1 Å². The molecule has 0 aliphatic heterocycles. The zero-order valence-corrected chi connectivity index (χ0v) is 27.1. The highest BCUT2D eigenvalue weighted by molar-refractivity contribution is 9.10. The number of fused-ring (bicyclic) bond motifs is 1. The Bertz CT molecular complexity index is 1640. The number of aromatic nitrogens is 2. The molecule has 2 aromatic carbocycles. The predicted octanol–water partition coefficient (Wildman–Crippen LogP) is 7.21. The molecule has 0 saturated carbocycles. The Hall–Kier alpha value is -3.69. The number of alkyl carbamates (subject to hydrolysis) is 1. The molecular weight excluding hydrogens is 632 g/mol. The quantitative estimate of drug-likeness (QED) is 0.181. The first-order valence-corrected chi connectivity index (χ1v) is 15.4. The molecule has 226 valence electrons. The SMILES string of the molecule is CCC(c1nc2ccc(Cl)cn2c(=O)c1Cc1ccccc1)N(CCCNC(=O)OC(C)(C)C)C(=O)c1ccc(Br)cc1. The van der Waals surface area contributed by atoms with Crippen molar-refractivity contribution in [1.82, 2.24) is 19.6 Å². The second-order valence-electron chi connectivity index (χ2n) is 11.2. The molecular formula is C33H36BrClN4O4. The summed E-state index contributed by atoms with van der Waals surface area (Å²) in [6, 6.07) is 19.8. The van der Waals surface area contributed by atoms with Gasteiger partial charge in [-0.15, -0.1) is 0 Å². The Balaban J connectivity index is 1.75. The lowest BCUT2D eigenvalue weighted by molar-refractivity contribution is 0.0523. The van der Waals surface area contributed by atoms with E-state index in [0.717, 1.165) is 10.0 Å². The summed E-state index contributed by atoms with van der Waals surface area (Å²) in [5.41, 5.74) is 2.11. The van der Waals surface area contributed by atoms with Crippen molar-refractivity contribution in [2.75, 3.05) is 13.1 Å². The van der Waals surface area contributed by atoms with Crippen molar-refractivity contribution in [3.63, 3.8) is 0 Å². The normalized spacial score (nSPS) is 12.1. The first-order valence-electron chi connectivity index (χ1n) is 14.2. The average Bonchev–Trinajstić information content (AvgIpc) is 2.96. The highest BCUT2D eigenvalue weighted by Crippen LogP contribution is 2.29. The summed E-state index contributed by atoms with van der Waals surface area (Å²) in [5.74, 6) is -0.194. The molecule has 2 amide bonds. The summed E-state index contributed by atoms with van der Waals surface area (Å²) in [6.45, 7) is 8.00. The lowest BCUT2D eigenvalue weighted by Gasteiger charge is -2.32. The number of nitrogens with one attached hydrogen (secondary N) is 1. The smallest absolute Gasteiger partial charge is 0.407 e. The van der Waals surface area contributed by atoms with Crippen LogP contribution in [0, 0.1) is 0 Å². The van der Waals surface area contributed by atoms with Crippen LogP contribution in [0.15, 0.2) is 82.2 Å². The first-order chi connectivity index (χ1) is 20.5. The molecule has 2 heterocycles. The third-order valence-corrected chi connectivity index (χ3v) is 7.56. The van der Waals surface area contributed by atoms with Gasteiger partial charge in [-0.1, -0.05) is 64.8 Å². The van der Waals surface area contributed by atoms with E-state index in [-0.39, 0.29) is 11.5 Å². The van der Waals surface area contributed by atoms with Crippen LogP contribution in [0.1, 0.15) is 73.8 Å². The lowest BCUT2D eigenvalue weighted by atomic mass is 9.97. The average molecular weight is 668 g/mol. The van der Waals surface area contributed by atoms with E-state index in [0.29, 0.717) is 59.8 Å². The number of benzene rings is 2. The zero-order chi connectivity index (χ0) is 31.1. The van der Waals surface area contributed by atoms with Gasteiger partial charge in [0.15, 0.2) is 0 Å². The number of carbonyl (C=O) groups is 2. The lowest BCUT2D eigenvalue weighted by Crippen LogP contribution is -2.39. The topological polar surface area (TPSA) is 93.0 Å². The van der Waals surface area contributed by atoms with E-state index in [1.165, 1.54) is 4.40 Å². The van der Waals surface area contributed by atoms with E-state index in [1.807, 2.05) is 49.4 Å². The van der Waals surface area contributed by atoms with Gasteiger partial charge in [0.05, 0.1) is 16.8 Å². The molecule has 0 bridgehead atoms. The van der Waals surface area contributed by atoms with Crippen LogP contribution in [-0.4, -0.2) is 45.0 Å². The van der Waals surface area contributed by atoms with E-state index < -0.39 is 17.7 Å². The summed E-state index contributed by atoms with van der Waals surface area (Å²) in [4.78, 5) is 47.0. The van der Waals surface area contributed by atoms with Gasteiger partial charge in [-0.2, -0.15) is 0 Å². The number of carbonyl (C=O) groups excluding carboxylic acids is 2. The Morgan fingerprint density at radius 3 is 2.42 bits per heavy atom. The summed E-state index contributed by atoms with van der Waals surface area (Å²) in [5, 5.41) is 3.20. The summed E-state index contributed by atoms with van der Waals surface area (Å²) >= 11 is 9.69. The fraction of sp³-hybridized carbons (Fsp3) is 0.333. The van der Waals surface area contributed by atoms with Gasteiger partial charge in [-0.3, -0.25) is 14.0 Å². The van der Waals surface area contributed by atoms with E-state index in [9.17, 15) is 14.4 Å². The molecule has 8 nitrogen and oxygen atoms in total. The van der Waals surface area contributed by atoms with Crippen molar-refractivity contribution in [3.05, 3.63) is 115 Å². The number of hydrogen-bond donors (Lipinski definition) is 1. The highest BCUT2D eigenvalue weighted by Gasteiger charge is 2.30. The third kappa shape index (κ3) is 8.45. The standard InChI is InChI=1S/C33H36BrClN4O4/c1-5-27(29-26(20-22-10-7-6-8-11-22)31(41)39-21-25(35)16-17-28(39)37-29)38(30(40)23-12-14-24(34)15-13-23)19-9-18-36-32(42)43-33(2,3)4/h6-8,10-17,21,27H,5,9,18-20H2,1-4H3,(H,36,42). The Kier molecular flexibility index (Phi) is 10.6. The van der Waals surface area contributed by atoms with Crippen molar-refractivity contribution >= 4 is 45.2 Å². The number of rotatable bonds is 10. The van der Waals surface area contributed by atoms with Crippen LogP contribution in [0.25, 0.3) is 5.65 Å². The Morgan fingerprint density at radius 1 is 1.07 bits per heavy atom. The highest BCUT2D eigenvalue weighted by atomic mass is 79.9. The van der Waals surface area contributed by atoms with Gasteiger partial charge in [0.25, 0.3) is 11.5 Å². The monoisotopic (exact) mass is 666 g/mol. The molecule has 4 rings (SSSR count). The largest absolute Gasteiger partial charge is 0.444 e. The molecule has 43 heavy (non-hydrogen) atoms. The molecule has 0 saturated heterocycles. The van der Waals surface area contributed by atoms with Crippen LogP contribution < -0.4 is 10.9 Å². The van der Waals surface area contributed by atoms with Gasteiger partial charge in [0.1, 0.15) is 11.2 Å². The Morgan fingerprint density at radius 2 is 1.77 bits per heavy atom. The molecule has 0 radical (unpaired) electrons. The van der Waals surface area contributed by atoms with Crippen molar-refractivity contribution in [2.45, 2.75) is 58.6 Å². The number of pyridine rings is 1. The molecule has 4 aromatic rings. The van der Waals surface area contributed by atoms with Crippen LogP contribution >= 0.6 is 27.5 Å². The fourth-order valence-electron chi connectivity index (χ4n) is 4.88. The number of ether oxygens (including phenoxy) is 1. The molecule has 0 spiro atoms. The summed E-state index contributed by atoms with van der Waals surface area (Å²) in [7, 11) is 0. The van der Waals surface area contributed by atoms with Crippen molar-refractivity contribution < 1.29 is 14.3 Å². The van der Waals surface area contributed by atoms with Gasteiger partial charge in [0.2, 0.25) is 0 Å². The Labute approximate surface area is 265 Å². The number of nitrogens with zero attached hydrogens (tertiary/aromatic N) is 3. The van der Waals surface area contributed by atoms with Crippen LogP contribution in [-0.2, 0) is 11.2 Å². The van der Waals surface area contributed by atoms with E-state index >= 15 is 0 Å². The van der Waals surface area contributed by atoms with Crippen molar-refractivity contribution in [1.29, 1.82) is 0 Å². The molecule has 0 aliphatic rings. The number of hydrogen-bond acceptors (Lipinski definition) is 5. The maximum absolute atomic E-state index is 14.1. The molecule has 1 unspecified atom stereocenters. The van der Waals surface area contributed by atoms with Crippen LogP contribution in [0.5, 0.6) is 0 Å². The van der Waals surface area contributed by atoms with E-state index in [2.05, 4.69) is 21.2 Å². The molecule has 10 heteroatoms. The van der Waals surface area contributed by atoms with Crippen LogP contribution in [0.2, 0.25) is 5.02 Å². The van der Waals surface area contributed by atoms with Gasteiger partial charge in [-0.25, -0.2) is 9.78 Å². The first kappa shape index (κ1) is 32.2. The molecule has 0 fully saturated rings. The van der Waals surface area contributed by atoms with Crippen LogP contribution in [0.3, 0.4) is 0 Å². The second kappa shape index (κ2) is 14.2. The molecule has 1 atom stereocenters. The number of amides is 2.